The first-order valence-electron chi connectivity index (χ1n) is 5.86. The Morgan fingerprint density at radius 1 is 1.38 bits per heavy atom. The highest BCUT2D eigenvalue weighted by Gasteiger charge is 2.21. The Hall–Kier alpha value is -0.570. The van der Waals surface area contributed by atoms with Gasteiger partial charge in [-0.3, -0.25) is 0 Å². The minimum atomic E-state index is 0.322. The monoisotopic (exact) mass is 239 g/mol. The van der Waals surface area contributed by atoms with Crippen molar-refractivity contribution in [2.24, 2.45) is 5.92 Å². The van der Waals surface area contributed by atoms with Gasteiger partial charge in [-0.25, -0.2) is 0 Å². The minimum absolute atomic E-state index is 0.322. The van der Waals surface area contributed by atoms with Gasteiger partial charge in [0.1, 0.15) is 0 Å². The van der Waals surface area contributed by atoms with Gasteiger partial charge in [0.05, 0.1) is 0 Å². The molecular weight excluding hydrogens is 222 g/mol. The Labute approximate surface area is 102 Å². The van der Waals surface area contributed by atoms with Crippen molar-refractivity contribution in [3.8, 4) is 0 Å². The average Bonchev–Trinajstić information content (AvgIpc) is 2.76. The first-order valence-corrected chi connectivity index (χ1v) is 6.24. The molecule has 16 heavy (non-hydrogen) atoms. The Bertz CT molecular complexity index is 342. The molecule has 1 aliphatic heterocycles. The van der Waals surface area contributed by atoms with Crippen molar-refractivity contribution in [3.05, 3.63) is 34.9 Å². The first-order chi connectivity index (χ1) is 7.79. The highest BCUT2D eigenvalue weighted by molar-refractivity contribution is 6.31. The molecule has 0 spiro atoms. The molecule has 0 amide bonds. The highest BCUT2D eigenvalue weighted by atomic mass is 35.5. The van der Waals surface area contributed by atoms with E-state index in [2.05, 4.69) is 11.0 Å². The molecule has 88 valence electrons. The summed E-state index contributed by atoms with van der Waals surface area (Å²) < 4.78 is 0. The summed E-state index contributed by atoms with van der Waals surface area (Å²) in [6.07, 6.45) is 2.12. The summed E-state index contributed by atoms with van der Waals surface area (Å²) in [5, 5.41) is 9.93. The number of aliphatic hydroxyl groups is 1. The molecule has 1 heterocycles. The Kier molecular flexibility index (Phi) is 4.22. The van der Waals surface area contributed by atoms with E-state index in [1.807, 2.05) is 18.2 Å². The molecule has 1 aromatic rings. The second-order valence-corrected chi connectivity index (χ2v) is 4.89. The predicted octanol–water partition coefficient (Wildman–Crippen LogP) is 2.20. The maximum Gasteiger partial charge on any atom is 0.0471 e. The zero-order chi connectivity index (χ0) is 11.4. The van der Waals surface area contributed by atoms with E-state index in [0.29, 0.717) is 12.5 Å². The molecule has 1 aromatic carbocycles. The lowest BCUT2D eigenvalue weighted by atomic mass is 10.1. The van der Waals surface area contributed by atoms with Crippen LogP contribution < -0.4 is 0 Å². The van der Waals surface area contributed by atoms with E-state index in [1.165, 1.54) is 5.56 Å². The van der Waals surface area contributed by atoms with Crippen LogP contribution in [0.2, 0.25) is 5.02 Å². The van der Waals surface area contributed by atoms with Crippen LogP contribution in [0.1, 0.15) is 12.0 Å². The van der Waals surface area contributed by atoms with Crippen molar-refractivity contribution >= 4 is 11.6 Å². The topological polar surface area (TPSA) is 23.5 Å². The number of aliphatic hydroxyl groups excluding tert-OH is 1. The Morgan fingerprint density at radius 3 is 2.88 bits per heavy atom. The first kappa shape index (κ1) is 11.9. The lowest BCUT2D eigenvalue weighted by Crippen LogP contribution is -2.24. The van der Waals surface area contributed by atoms with E-state index in [9.17, 15) is 0 Å². The molecule has 1 N–H and O–H groups in total. The number of benzene rings is 1. The van der Waals surface area contributed by atoms with Gasteiger partial charge in [-0.15, -0.1) is 0 Å². The fraction of sp³-hybridized carbons (Fsp3) is 0.538. The molecule has 1 atom stereocenters. The van der Waals surface area contributed by atoms with Gasteiger partial charge in [0.15, 0.2) is 0 Å². The molecule has 0 aromatic heterocycles. The van der Waals surface area contributed by atoms with Crippen molar-refractivity contribution in [1.82, 2.24) is 4.90 Å². The lowest BCUT2D eigenvalue weighted by Gasteiger charge is -2.15. The fourth-order valence-electron chi connectivity index (χ4n) is 2.24. The third-order valence-electron chi connectivity index (χ3n) is 3.28. The molecule has 0 radical (unpaired) electrons. The third-order valence-corrected chi connectivity index (χ3v) is 3.65. The normalized spacial score (nSPS) is 21.5. The molecule has 2 rings (SSSR count). The third kappa shape index (κ3) is 2.97. The number of hydrogen-bond donors (Lipinski definition) is 1. The number of likely N-dealkylation sites (tertiary alicyclic amines) is 1. The largest absolute Gasteiger partial charge is 0.396 e. The van der Waals surface area contributed by atoms with Crippen LogP contribution in [0.4, 0.5) is 0 Å². The maximum absolute atomic E-state index is 9.07. The van der Waals surface area contributed by atoms with Crippen LogP contribution in [0, 0.1) is 5.92 Å². The van der Waals surface area contributed by atoms with Gasteiger partial charge in [0.25, 0.3) is 0 Å². The molecule has 1 fully saturated rings. The molecule has 1 unspecified atom stereocenters. The summed E-state index contributed by atoms with van der Waals surface area (Å²) in [5.74, 6) is 0.478. The zero-order valence-electron chi connectivity index (χ0n) is 9.40. The standard InChI is InChI=1S/C13H18ClNO/c14-13-4-2-1-3-12(13)6-8-15-7-5-11(9-15)10-16/h1-4,11,16H,5-10H2. The van der Waals surface area contributed by atoms with E-state index in [1.54, 1.807) is 0 Å². The second kappa shape index (κ2) is 5.67. The smallest absolute Gasteiger partial charge is 0.0471 e. The molecule has 1 saturated heterocycles. The van der Waals surface area contributed by atoms with Crippen molar-refractivity contribution in [2.75, 3.05) is 26.2 Å². The summed E-state index contributed by atoms with van der Waals surface area (Å²) in [6, 6.07) is 8.02. The average molecular weight is 240 g/mol. The predicted molar refractivity (Wildman–Crippen MR) is 66.8 cm³/mol. The lowest BCUT2D eigenvalue weighted by molar-refractivity contribution is 0.222. The van der Waals surface area contributed by atoms with E-state index in [0.717, 1.165) is 37.5 Å². The quantitative estimate of drug-likeness (QED) is 0.871. The minimum Gasteiger partial charge on any atom is -0.396 e. The van der Waals surface area contributed by atoms with Crippen molar-refractivity contribution < 1.29 is 5.11 Å². The van der Waals surface area contributed by atoms with Crippen molar-refractivity contribution in [3.63, 3.8) is 0 Å². The summed E-state index contributed by atoms with van der Waals surface area (Å²) in [5.41, 5.74) is 1.22. The van der Waals surface area contributed by atoms with Crippen LogP contribution in [0.15, 0.2) is 24.3 Å². The molecule has 0 saturated carbocycles. The fourth-order valence-corrected chi connectivity index (χ4v) is 2.47. The van der Waals surface area contributed by atoms with Crippen LogP contribution in [-0.2, 0) is 6.42 Å². The molecule has 1 aliphatic rings. The number of halogens is 1. The van der Waals surface area contributed by atoms with Crippen LogP contribution in [-0.4, -0.2) is 36.2 Å². The van der Waals surface area contributed by atoms with Gasteiger partial charge in [-0.2, -0.15) is 0 Å². The van der Waals surface area contributed by atoms with E-state index in [-0.39, 0.29) is 0 Å². The van der Waals surface area contributed by atoms with E-state index >= 15 is 0 Å². The molecule has 2 nitrogen and oxygen atoms in total. The Balaban J connectivity index is 1.82. The Morgan fingerprint density at radius 2 is 2.19 bits per heavy atom. The number of hydrogen-bond acceptors (Lipinski definition) is 2. The van der Waals surface area contributed by atoms with Gasteiger partial charge in [-0.1, -0.05) is 29.8 Å². The van der Waals surface area contributed by atoms with Crippen LogP contribution in [0.3, 0.4) is 0 Å². The van der Waals surface area contributed by atoms with Gasteiger partial charge < -0.3 is 10.0 Å². The van der Waals surface area contributed by atoms with Crippen LogP contribution in [0.5, 0.6) is 0 Å². The van der Waals surface area contributed by atoms with Crippen molar-refractivity contribution in [2.45, 2.75) is 12.8 Å². The summed E-state index contributed by atoms with van der Waals surface area (Å²) in [7, 11) is 0. The number of nitrogens with zero attached hydrogens (tertiary/aromatic N) is 1. The van der Waals surface area contributed by atoms with Crippen LogP contribution in [0.25, 0.3) is 0 Å². The summed E-state index contributed by atoms with van der Waals surface area (Å²) in [6.45, 7) is 3.50. The van der Waals surface area contributed by atoms with E-state index in [4.69, 9.17) is 16.7 Å². The van der Waals surface area contributed by atoms with Crippen molar-refractivity contribution in [1.29, 1.82) is 0 Å². The van der Waals surface area contributed by atoms with E-state index < -0.39 is 0 Å². The molecular formula is C13H18ClNO. The summed E-state index contributed by atoms with van der Waals surface area (Å²) >= 11 is 6.11. The van der Waals surface area contributed by atoms with Gasteiger partial charge in [-0.05, 0) is 36.9 Å². The molecule has 0 bridgehead atoms. The molecule has 3 heteroatoms. The summed E-state index contributed by atoms with van der Waals surface area (Å²) in [4.78, 5) is 2.41. The van der Waals surface area contributed by atoms with Crippen LogP contribution >= 0.6 is 11.6 Å². The van der Waals surface area contributed by atoms with Gasteiger partial charge in [0.2, 0.25) is 0 Å². The number of rotatable bonds is 4. The highest BCUT2D eigenvalue weighted by Crippen LogP contribution is 2.19. The molecule has 0 aliphatic carbocycles. The SMILES string of the molecule is OCC1CCN(CCc2ccccc2Cl)C1. The zero-order valence-corrected chi connectivity index (χ0v) is 10.2. The van der Waals surface area contributed by atoms with Gasteiger partial charge in [0, 0.05) is 24.7 Å². The van der Waals surface area contributed by atoms with Gasteiger partial charge >= 0.3 is 0 Å². The second-order valence-electron chi connectivity index (χ2n) is 4.48. The maximum atomic E-state index is 9.07.